The van der Waals surface area contributed by atoms with Gasteiger partial charge in [0.2, 0.25) is 5.82 Å². The topological polar surface area (TPSA) is 84.7 Å². The maximum atomic E-state index is 12.6. The first-order valence-corrected chi connectivity index (χ1v) is 8.29. The summed E-state index contributed by atoms with van der Waals surface area (Å²) in [5, 5.41) is 6.04. The summed E-state index contributed by atoms with van der Waals surface area (Å²) in [5.41, 5.74) is 1.31. The molecule has 3 rings (SSSR count). The standard InChI is InChI=1S/C18H17ClN4O3/c1-26-11-9-20-17(24)15-14-4-2-3-10-23(14)16(22-15)18(25)21-13-7-5-12(19)6-8-13/h2-8,10H,9,11H2,1H3,(H,20,24)(H,21,25). The number of nitrogens with one attached hydrogen (secondary N) is 2. The number of halogens is 1. The molecule has 134 valence electrons. The Balaban J connectivity index is 1.89. The Morgan fingerprint density at radius 1 is 1.15 bits per heavy atom. The van der Waals surface area contributed by atoms with Crippen LogP contribution in [-0.4, -0.2) is 41.5 Å². The Bertz CT molecular complexity index is 937. The minimum absolute atomic E-state index is 0.118. The van der Waals surface area contributed by atoms with E-state index >= 15 is 0 Å². The molecule has 0 aliphatic heterocycles. The molecule has 0 bridgehead atoms. The van der Waals surface area contributed by atoms with Crippen LogP contribution in [0.1, 0.15) is 21.1 Å². The van der Waals surface area contributed by atoms with Crippen LogP contribution < -0.4 is 10.6 Å². The molecular formula is C18H17ClN4O3. The van der Waals surface area contributed by atoms with Gasteiger partial charge in [0.25, 0.3) is 11.8 Å². The molecule has 0 aliphatic carbocycles. The number of benzene rings is 1. The molecule has 3 aromatic rings. The quantitative estimate of drug-likeness (QED) is 0.651. The zero-order chi connectivity index (χ0) is 18.5. The molecule has 0 saturated heterocycles. The lowest BCUT2D eigenvalue weighted by molar-refractivity contribution is 0.0934. The summed E-state index contributed by atoms with van der Waals surface area (Å²) in [6.45, 7) is 0.745. The highest BCUT2D eigenvalue weighted by molar-refractivity contribution is 6.30. The van der Waals surface area contributed by atoms with Gasteiger partial charge in [-0.15, -0.1) is 0 Å². The van der Waals surface area contributed by atoms with Crippen molar-refractivity contribution in [2.75, 3.05) is 25.6 Å². The van der Waals surface area contributed by atoms with E-state index in [1.807, 2.05) is 0 Å². The van der Waals surface area contributed by atoms with E-state index in [4.69, 9.17) is 16.3 Å². The summed E-state index contributed by atoms with van der Waals surface area (Å²) in [5.74, 6) is -0.673. The fourth-order valence-corrected chi connectivity index (χ4v) is 2.56. The van der Waals surface area contributed by atoms with Crippen molar-refractivity contribution in [2.45, 2.75) is 0 Å². The van der Waals surface area contributed by atoms with Crippen molar-refractivity contribution in [3.8, 4) is 0 Å². The molecule has 2 heterocycles. The summed E-state index contributed by atoms with van der Waals surface area (Å²) in [6.07, 6.45) is 1.69. The van der Waals surface area contributed by atoms with Gasteiger partial charge in [0.1, 0.15) is 0 Å². The molecule has 0 spiro atoms. The lowest BCUT2D eigenvalue weighted by atomic mass is 10.3. The van der Waals surface area contributed by atoms with E-state index in [0.717, 1.165) is 0 Å². The average Bonchev–Trinajstić information content (AvgIpc) is 3.04. The number of carbonyl (C=O) groups excluding carboxylic acids is 2. The maximum Gasteiger partial charge on any atom is 0.292 e. The van der Waals surface area contributed by atoms with Crippen LogP contribution in [0.3, 0.4) is 0 Å². The first-order valence-electron chi connectivity index (χ1n) is 7.91. The molecule has 2 amide bonds. The van der Waals surface area contributed by atoms with E-state index < -0.39 is 5.91 Å². The summed E-state index contributed by atoms with van der Waals surface area (Å²) < 4.78 is 6.50. The fraction of sp³-hybridized carbons (Fsp3) is 0.167. The molecule has 2 aromatic heterocycles. The van der Waals surface area contributed by atoms with Gasteiger partial charge in [0.05, 0.1) is 12.1 Å². The molecule has 0 fully saturated rings. The second-order valence-corrected chi connectivity index (χ2v) is 5.89. The van der Waals surface area contributed by atoms with Gasteiger partial charge in [-0.05, 0) is 36.4 Å². The molecule has 0 aliphatic rings. The van der Waals surface area contributed by atoms with Gasteiger partial charge in [0.15, 0.2) is 5.69 Å². The molecule has 0 unspecified atom stereocenters. The van der Waals surface area contributed by atoms with Crippen LogP contribution in [-0.2, 0) is 4.74 Å². The summed E-state index contributed by atoms with van der Waals surface area (Å²) in [7, 11) is 1.55. The van der Waals surface area contributed by atoms with E-state index in [9.17, 15) is 9.59 Å². The lowest BCUT2D eigenvalue weighted by Gasteiger charge is -2.04. The van der Waals surface area contributed by atoms with Crippen molar-refractivity contribution in [3.05, 3.63) is 65.2 Å². The van der Waals surface area contributed by atoms with Gasteiger partial charge in [-0.1, -0.05) is 17.7 Å². The number of rotatable bonds is 6. The molecule has 26 heavy (non-hydrogen) atoms. The third kappa shape index (κ3) is 3.84. The largest absolute Gasteiger partial charge is 0.383 e. The van der Waals surface area contributed by atoms with Gasteiger partial charge in [0, 0.05) is 30.6 Å². The zero-order valence-corrected chi connectivity index (χ0v) is 14.8. The minimum atomic E-state index is -0.426. The van der Waals surface area contributed by atoms with Gasteiger partial charge in [-0.25, -0.2) is 4.98 Å². The van der Waals surface area contributed by atoms with Crippen LogP contribution in [0, 0.1) is 0 Å². The van der Waals surface area contributed by atoms with Crippen molar-refractivity contribution >= 4 is 34.6 Å². The van der Waals surface area contributed by atoms with E-state index in [2.05, 4.69) is 15.6 Å². The Labute approximate surface area is 154 Å². The van der Waals surface area contributed by atoms with Gasteiger partial charge < -0.3 is 15.4 Å². The number of methoxy groups -OCH3 is 1. The normalized spacial score (nSPS) is 10.7. The molecule has 1 aromatic carbocycles. The van der Waals surface area contributed by atoms with E-state index in [0.29, 0.717) is 29.4 Å². The first-order chi connectivity index (χ1) is 12.6. The fourth-order valence-electron chi connectivity index (χ4n) is 2.44. The van der Waals surface area contributed by atoms with E-state index in [1.165, 1.54) is 0 Å². The summed E-state index contributed by atoms with van der Waals surface area (Å²) in [6, 6.07) is 12.0. The van der Waals surface area contributed by atoms with Crippen LogP contribution in [0.25, 0.3) is 5.52 Å². The number of anilines is 1. The lowest BCUT2D eigenvalue weighted by Crippen LogP contribution is -2.27. The number of imidazole rings is 1. The number of aromatic nitrogens is 2. The second kappa shape index (κ2) is 7.99. The Hall–Kier alpha value is -2.90. The van der Waals surface area contributed by atoms with Gasteiger partial charge in [-0.2, -0.15) is 0 Å². The second-order valence-electron chi connectivity index (χ2n) is 5.45. The Kier molecular flexibility index (Phi) is 5.50. The number of carbonyl (C=O) groups is 2. The van der Waals surface area contributed by atoms with Gasteiger partial charge in [-0.3, -0.25) is 14.0 Å². The highest BCUT2D eigenvalue weighted by atomic mass is 35.5. The molecule has 8 heteroatoms. The molecule has 0 atom stereocenters. The third-order valence-electron chi connectivity index (χ3n) is 3.66. The number of hydrogen-bond acceptors (Lipinski definition) is 4. The molecule has 0 radical (unpaired) electrons. The molecule has 0 saturated carbocycles. The highest BCUT2D eigenvalue weighted by Gasteiger charge is 2.21. The maximum absolute atomic E-state index is 12.6. The van der Waals surface area contributed by atoms with Crippen molar-refractivity contribution in [1.29, 1.82) is 0 Å². The molecule has 7 nitrogen and oxygen atoms in total. The van der Waals surface area contributed by atoms with Crippen LogP contribution in [0.15, 0.2) is 48.7 Å². The number of amides is 2. The van der Waals surface area contributed by atoms with Crippen LogP contribution in [0.5, 0.6) is 0 Å². The number of pyridine rings is 1. The predicted molar refractivity (Wildman–Crippen MR) is 98.8 cm³/mol. The smallest absolute Gasteiger partial charge is 0.292 e. The van der Waals surface area contributed by atoms with Crippen molar-refractivity contribution in [1.82, 2.24) is 14.7 Å². The van der Waals surface area contributed by atoms with E-state index in [1.54, 1.807) is 60.2 Å². The third-order valence-corrected chi connectivity index (χ3v) is 3.91. The van der Waals surface area contributed by atoms with Crippen molar-refractivity contribution in [3.63, 3.8) is 0 Å². The van der Waals surface area contributed by atoms with Crippen molar-refractivity contribution < 1.29 is 14.3 Å². The number of fused-ring (bicyclic) bond motifs is 1. The SMILES string of the molecule is COCCNC(=O)c1nc(C(=O)Nc2ccc(Cl)cc2)n2ccccc12. The Morgan fingerprint density at radius 3 is 2.65 bits per heavy atom. The first kappa shape index (κ1) is 17.9. The van der Waals surface area contributed by atoms with Gasteiger partial charge >= 0.3 is 0 Å². The van der Waals surface area contributed by atoms with Crippen LogP contribution in [0.4, 0.5) is 5.69 Å². The van der Waals surface area contributed by atoms with Crippen LogP contribution in [0.2, 0.25) is 5.02 Å². The number of hydrogen-bond donors (Lipinski definition) is 2. The monoisotopic (exact) mass is 372 g/mol. The van der Waals surface area contributed by atoms with Crippen molar-refractivity contribution in [2.24, 2.45) is 0 Å². The predicted octanol–water partition coefficient (Wildman–Crippen LogP) is 2.62. The number of ether oxygens (including phenoxy) is 1. The number of nitrogens with zero attached hydrogens (tertiary/aromatic N) is 2. The summed E-state index contributed by atoms with van der Waals surface area (Å²) >= 11 is 5.85. The Morgan fingerprint density at radius 2 is 1.92 bits per heavy atom. The minimum Gasteiger partial charge on any atom is -0.383 e. The molecule has 2 N–H and O–H groups in total. The highest BCUT2D eigenvalue weighted by Crippen LogP contribution is 2.17. The van der Waals surface area contributed by atoms with E-state index in [-0.39, 0.29) is 17.4 Å². The zero-order valence-electron chi connectivity index (χ0n) is 14.0. The molecular weight excluding hydrogens is 356 g/mol. The summed E-state index contributed by atoms with van der Waals surface area (Å²) in [4.78, 5) is 29.3. The average molecular weight is 373 g/mol. The van der Waals surface area contributed by atoms with Crippen LogP contribution >= 0.6 is 11.6 Å².